The number of sulfone groups is 1. The third kappa shape index (κ3) is 6.06. The number of alkyl halides is 3. The van der Waals surface area contributed by atoms with Crippen LogP contribution in [0.25, 0.3) is 0 Å². The molecular weight excluding hydrogens is 504 g/mol. The van der Waals surface area contributed by atoms with Crippen molar-refractivity contribution in [1.82, 2.24) is 14.9 Å². The van der Waals surface area contributed by atoms with Crippen molar-refractivity contribution in [1.29, 1.82) is 0 Å². The van der Waals surface area contributed by atoms with Gasteiger partial charge in [0.15, 0.2) is 9.84 Å². The number of hydrogen-bond donors (Lipinski definition) is 1. The van der Waals surface area contributed by atoms with Crippen molar-refractivity contribution in [2.45, 2.75) is 56.0 Å². The van der Waals surface area contributed by atoms with Crippen molar-refractivity contribution in [3.05, 3.63) is 35.9 Å². The summed E-state index contributed by atoms with van der Waals surface area (Å²) in [6.45, 7) is 3.53. The molecule has 1 N–H and O–H groups in total. The molecule has 13 heteroatoms. The van der Waals surface area contributed by atoms with Crippen LogP contribution in [-0.4, -0.2) is 73.7 Å². The zero-order valence-corrected chi connectivity index (χ0v) is 20.9. The molecule has 0 saturated carbocycles. The summed E-state index contributed by atoms with van der Waals surface area (Å²) >= 11 is 0. The lowest BCUT2D eigenvalue weighted by molar-refractivity contribution is -0.180. The van der Waals surface area contributed by atoms with Crippen molar-refractivity contribution in [3.63, 3.8) is 0 Å². The van der Waals surface area contributed by atoms with E-state index in [1.807, 2.05) is 4.90 Å². The quantitative estimate of drug-likeness (QED) is 0.537. The normalized spacial score (nSPS) is 23.8. The number of rotatable bonds is 7. The fourth-order valence-corrected chi connectivity index (χ4v) is 5.07. The highest BCUT2D eigenvalue weighted by Crippen LogP contribution is 2.34. The lowest BCUT2D eigenvalue weighted by Crippen LogP contribution is -2.50. The van der Waals surface area contributed by atoms with Crippen molar-refractivity contribution < 1.29 is 35.5 Å². The number of ether oxygens (including phenoxy) is 2. The van der Waals surface area contributed by atoms with Crippen LogP contribution in [0.2, 0.25) is 0 Å². The number of morpholine rings is 1. The first-order chi connectivity index (χ1) is 16.8. The first kappa shape index (κ1) is 26.6. The van der Waals surface area contributed by atoms with Gasteiger partial charge in [0.25, 0.3) is 0 Å². The summed E-state index contributed by atoms with van der Waals surface area (Å²) < 4.78 is 89.1. The number of aromatic nitrogens is 2. The topological polar surface area (TPSA) is 93.7 Å². The van der Waals surface area contributed by atoms with Crippen LogP contribution in [0.15, 0.2) is 29.4 Å². The Morgan fingerprint density at radius 3 is 2.69 bits per heavy atom. The molecule has 36 heavy (non-hydrogen) atoms. The van der Waals surface area contributed by atoms with E-state index in [2.05, 4.69) is 15.3 Å². The third-order valence-electron chi connectivity index (χ3n) is 6.54. The highest BCUT2D eigenvalue weighted by Gasteiger charge is 2.42. The Hall–Kier alpha value is -2.51. The van der Waals surface area contributed by atoms with Crippen molar-refractivity contribution in [2.24, 2.45) is 5.92 Å². The van der Waals surface area contributed by atoms with Gasteiger partial charge in [0.05, 0.1) is 34.8 Å². The molecule has 0 aliphatic carbocycles. The summed E-state index contributed by atoms with van der Waals surface area (Å²) in [6.07, 6.45) is -1.61. The molecular formula is C23H28F4N4O4S. The lowest BCUT2D eigenvalue weighted by Gasteiger charge is -2.38. The summed E-state index contributed by atoms with van der Waals surface area (Å²) in [5.74, 6) is -1.66. The van der Waals surface area contributed by atoms with E-state index in [1.165, 1.54) is 25.4 Å². The largest absolute Gasteiger partial charge is 0.474 e. The molecule has 3 fully saturated rings. The Morgan fingerprint density at radius 2 is 2.03 bits per heavy atom. The molecule has 0 spiro atoms. The number of benzene rings is 1. The average molecular weight is 533 g/mol. The highest BCUT2D eigenvalue weighted by atomic mass is 32.2. The predicted molar refractivity (Wildman–Crippen MR) is 124 cm³/mol. The van der Waals surface area contributed by atoms with E-state index in [1.54, 1.807) is 6.92 Å². The SMILES string of the molecule is Cc1c(Nc2ccc(S(C)(=O)=O)cc2F)ncnc1O[C@@H]1CC2CN(CC(C)C(F)(F)F)[C@@H](CO2)C1. The van der Waals surface area contributed by atoms with E-state index in [-0.39, 0.29) is 47.1 Å². The van der Waals surface area contributed by atoms with E-state index >= 15 is 0 Å². The van der Waals surface area contributed by atoms with Gasteiger partial charge in [-0.3, -0.25) is 4.90 Å². The van der Waals surface area contributed by atoms with E-state index in [0.29, 0.717) is 31.6 Å². The van der Waals surface area contributed by atoms with Crippen LogP contribution in [0, 0.1) is 18.7 Å². The summed E-state index contributed by atoms with van der Waals surface area (Å²) in [6, 6.07) is 3.32. The van der Waals surface area contributed by atoms with Crippen LogP contribution >= 0.6 is 0 Å². The van der Waals surface area contributed by atoms with Crippen LogP contribution in [-0.2, 0) is 14.6 Å². The highest BCUT2D eigenvalue weighted by molar-refractivity contribution is 7.90. The number of halogens is 4. The molecule has 3 aliphatic heterocycles. The molecule has 2 aromatic rings. The van der Waals surface area contributed by atoms with E-state index in [4.69, 9.17) is 9.47 Å². The van der Waals surface area contributed by atoms with Crippen LogP contribution < -0.4 is 10.1 Å². The predicted octanol–water partition coefficient (Wildman–Crippen LogP) is 3.88. The molecule has 0 radical (unpaired) electrons. The first-order valence-corrected chi connectivity index (χ1v) is 13.4. The number of nitrogens with one attached hydrogen (secondary N) is 1. The Labute approximate surface area is 206 Å². The maximum absolute atomic E-state index is 14.5. The van der Waals surface area contributed by atoms with Crippen molar-refractivity contribution in [2.75, 3.05) is 31.3 Å². The van der Waals surface area contributed by atoms with Gasteiger partial charge in [-0.05, 0) is 25.1 Å². The Kier molecular flexibility index (Phi) is 7.45. The Balaban J connectivity index is 1.47. The fraction of sp³-hybridized carbons (Fsp3) is 0.565. The summed E-state index contributed by atoms with van der Waals surface area (Å²) in [4.78, 5) is 10.0. The monoisotopic (exact) mass is 532 g/mol. The van der Waals surface area contributed by atoms with E-state index in [9.17, 15) is 26.0 Å². The zero-order chi connectivity index (χ0) is 26.3. The lowest BCUT2D eigenvalue weighted by atomic mass is 10.1. The second-order valence-corrected chi connectivity index (χ2v) is 11.4. The summed E-state index contributed by atoms with van der Waals surface area (Å²) in [5, 5.41) is 2.84. The number of nitrogens with zero attached hydrogens (tertiary/aromatic N) is 3. The molecule has 1 aromatic carbocycles. The minimum atomic E-state index is -4.26. The maximum Gasteiger partial charge on any atom is 0.392 e. The van der Waals surface area contributed by atoms with Crippen molar-refractivity contribution >= 4 is 21.3 Å². The standard InChI is InChI=1S/C23H28F4N4O4S/c1-13(23(25,26)27)9-31-10-17-7-16(6-15(31)11-34-17)35-22-14(2)21(28-12-29-22)30-20-5-4-18(8-19(20)24)36(3,32)33/h4-5,8,12-13,15-17H,6-7,9-11H2,1-3H3,(H,28,29,30)/t13?,15-,16+,17?/m1/s1. The summed E-state index contributed by atoms with van der Waals surface area (Å²) in [7, 11) is -3.55. The van der Waals surface area contributed by atoms with E-state index in [0.717, 1.165) is 12.3 Å². The van der Waals surface area contributed by atoms with Gasteiger partial charge in [-0.2, -0.15) is 13.2 Å². The molecule has 5 rings (SSSR count). The minimum absolute atomic E-state index is 0.0329. The van der Waals surface area contributed by atoms with Crippen LogP contribution in [0.1, 0.15) is 25.3 Å². The molecule has 4 atom stereocenters. The summed E-state index contributed by atoms with van der Waals surface area (Å²) in [5.41, 5.74) is 0.537. The molecule has 0 amide bonds. The minimum Gasteiger partial charge on any atom is -0.474 e. The van der Waals surface area contributed by atoms with Crippen LogP contribution in [0.5, 0.6) is 5.88 Å². The van der Waals surface area contributed by atoms with Gasteiger partial charge in [0.1, 0.15) is 24.1 Å². The molecule has 3 saturated heterocycles. The molecule has 1 aromatic heterocycles. The second-order valence-electron chi connectivity index (χ2n) is 9.41. The zero-order valence-electron chi connectivity index (χ0n) is 20.0. The molecule has 3 aliphatic rings. The Bertz CT molecular complexity index is 1210. The number of fused-ring (bicyclic) bond motifs is 4. The fourth-order valence-electron chi connectivity index (χ4n) is 4.44. The van der Waals surface area contributed by atoms with Crippen LogP contribution in [0.3, 0.4) is 0 Å². The average Bonchev–Trinajstić information content (AvgIpc) is 3.07. The van der Waals surface area contributed by atoms with E-state index < -0.39 is 27.7 Å². The molecule has 4 heterocycles. The van der Waals surface area contributed by atoms with Gasteiger partial charge in [-0.15, -0.1) is 0 Å². The number of hydrogen-bond acceptors (Lipinski definition) is 8. The number of anilines is 2. The molecule has 2 bridgehead atoms. The van der Waals surface area contributed by atoms with Gasteiger partial charge < -0.3 is 14.8 Å². The van der Waals surface area contributed by atoms with Gasteiger partial charge >= 0.3 is 6.18 Å². The van der Waals surface area contributed by atoms with Gasteiger partial charge in [-0.1, -0.05) is 6.92 Å². The van der Waals surface area contributed by atoms with Gasteiger partial charge in [-0.25, -0.2) is 22.8 Å². The Morgan fingerprint density at radius 1 is 1.28 bits per heavy atom. The second kappa shape index (κ2) is 10.1. The maximum atomic E-state index is 14.5. The van der Waals surface area contributed by atoms with Gasteiger partial charge in [0, 0.05) is 38.2 Å². The van der Waals surface area contributed by atoms with Gasteiger partial charge in [0.2, 0.25) is 5.88 Å². The molecule has 198 valence electrons. The first-order valence-electron chi connectivity index (χ1n) is 11.5. The molecule has 2 unspecified atom stereocenters. The molecule has 8 nitrogen and oxygen atoms in total. The van der Waals surface area contributed by atoms with Crippen LogP contribution in [0.4, 0.5) is 29.1 Å². The van der Waals surface area contributed by atoms with Crippen molar-refractivity contribution in [3.8, 4) is 5.88 Å². The smallest absolute Gasteiger partial charge is 0.392 e. The third-order valence-corrected chi connectivity index (χ3v) is 7.65.